The molecular formula is C20H29FO2. The fourth-order valence-electron chi connectivity index (χ4n) is 6.80. The summed E-state index contributed by atoms with van der Waals surface area (Å²) in [5.41, 5.74) is -0.0564. The van der Waals surface area contributed by atoms with Crippen molar-refractivity contribution < 1.29 is 14.3 Å². The van der Waals surface area contributed by atoms with Crippen molar-refractivity contribution in [2.24, 2.45) is 28.6 Å². The van der Waals surface area contributed by atoms with Crippen LogP contribution in [0.4, 0.5) is 4.39 Å². The maximum atomic E-state index is 15.0. The highest BCUT2D eigenvalue weighted by atomic mass is 19.1. The second-order valence-electron chi connectivity index (χ2n) is 9.33. The number of hydrogen-bond acceptors (Lipinski definition) is 2. The Balaban J connectivity index is 1.74. The second-order valence-corrected chi connectivity index (χ2v) is 9.33. The molecule has 0 aromatic rings. The van der Waals surface area contributed by atoms with Gasteiger partial charge >= 0.3 is 0 Å². The highest BCUT2D eigenvalue weighted by molar-refractivity contribution is 5.91. The van der Waals surface area contributed by atoms with Crippen LogP contribution in [-0.4, -0.2) is 22.7 Å². The van der Waals surface area contributed by atoms with Crippen LogP contribution in [0.5, 0.6) is 0 Å². The van der Waals surface area contributed by atoms with Crippen molar-refractivity contribution in [2.45, 2.75) is 77.5 Å². The Morgan fingerprint density at radius 2 is 1.83 bits per heavy atom. The van der Waals surface area contributed by atoms with Crippen LogP contribution >= 0.6 is 0 Å². The van der Waals surface area contributed by atoms with Crippen LogP contribution < -0.4 is 0 Å². The largest absolute Gasteiger partial charge is 0.390 e. The number of alkyl halides is 1. The molecule has 1 N–H and O–H groups in total. The average molecular weight is 320 g/mol. The molecule has 7 atom stereocenters. The fraction of sp³-hybridized carbons (Fsp3) is 0.850. The first-order valence-corrected chi connectivity index (χ1v) is 9.30. The molecule has 0 saturated heterocycles. The molecule has 128 valence electrons. The van der Waals surface area contributed by atoms with E-state index in [0.29, 0.717) is 30.6 Å². The van der Waals surface area contributed by atoms with Gasteiger partial charge in [0.25, 0.3) is 0 Å². The minimum absolute atomic E-state index is 0.0735. The first-order chi connectivity index (χ1) is 10.7. The molecule has 0 radical (unpaired) electrons. The molecular weight excluding hydrogens is 291 g/mol. The van der Waals surface area contributed by atoms with Gasteiger partial charge in [-0.3, -0.25) is 4.79 Å². The zero-order chi connectivity index (χ0) is 16.6. The summed E-state index contributed by atoms with van der Waals surface area (Å²) in [6.45, 7) is 6.41. The molecule has 0 bridgehead atoms. The van der Waals surface area contributed by atoms with E-state index in [-0.39, 0.29) is 16.6 Å². The molecule has 0 aromatic carbocycles. The molecule has 3 fully saturated rings. The number of aliphatic hydroxyl groups is 1. The van der Waals surface area contributed by atoms with E-state index in [4.69, 9.17) is 0 Å². The van der Waals surface area contributed by atoms with E-state index in [1.807, 2.05) is 6.92 Å². The summed E-state index contributed by atoms with van der Waals surface area (Å²) >= 11 is 0. The van der Waals surface area contributed by atoms with Crippen molar-refractivity contribution in [3.05, 3.63) is 11.6 Å². The third kappa shape index (κ3) is 1.92. The molecule has 3 heteroatoms. The zero-order valence-corrected chi connectivity index (χ0v) is 14.6. The van der Waals surface area contributed by atoms with Gasteiger partial charge in [0, 0.05) is 6.42 Å². The molecule has 2 nitrogen and oxygen atoms in total. The molecule has 0 aromatic heterocycles. The van der Waals surface area contributed by atoms with Crippen LogP contribution in [0.15, 0.2) is 11.6 Å². The molecule has 0 amide bonds. The average Bonchev–Trinajstić information content (AvgIpc) is 2.72. The standard InChI is InChI=1S/C20H29FO2/c1-18-7-4-12(22)10-16(18)17(21)11-13-14(18)5-8-19(2)15(13)6-9-20(19,3)23/h10,13-15,17,23H,4-9,11H2,1-3H3/t13-,14+,15+,17-,18-,19+,20-/m1/s1. The van der Waals surface area contributed by atoms with Crippen LogP contribution in [0.1, 0.15) is 65.7 Å². The van der Waals surface area contributed by atoms with Gasteiger partial charge in [-0.05, 0) is 85.7 Å². The van der Waals surface area contributed by atoms with E-state index >= 15 is 4.39 Å². The van der Waals surface area contributed by atoms with Crippen molar-refractivity contribution in [3.8, 4) is 0 Å². The summed E-state index contributed by atoms with van der Waals surface area (Å²) in [5.74, 6) is 1.35. The molecule has 4 aliphatic rings. The first kappa shape index (κ1) is 15.8. The minimum Gasteiger partial charge on any atom is -0.390 e. The summed E-state index contributed by atoms with van der Waals surface area (Å²) in [4.78, 5) is 11.8. The topological polar surface area (TPSA) is 37.3 Å². The van der Waals surface area contributed by atoms with Gasteiger partial charge in [0.15, 0.2) is 5.78 Å². The number of carbonyl (C=O) groups excluding carboxylic acids is 1. The molecule has 4 aliphatic carbocycles. The van der Waals surface area contributed by atoms with E-state index in [2.05, 4.69) is 13.8 Å². The van der Waals surface area contributed by atoms with Gasteiger partial charge in [-0.2, -0.15) is 0 Å². The Morgan fingerprint density at radius 3 is 2.57 bits per heavy atom. The van der Waals surface area contributed by atoms with E-state index in [1.54, 1.807) is 6.08 Å². The molecule has 4 rings (SSSR count). The van der Waals surface area contributed by atoms with E-state index in [0.717, 1.165) is 37.7 Å². The lowest BCUT2D eigenvalue weighted by molar-refractivity contribution is -0.128. The van der Waals surface area contributed by atoms with Crippen LogP contribution in [0.25, 0.3) is 0 Å². The lowest BCUT2D eigenvalue weighted by Crippen LogP contribution is -2.55. The van der Waals surface area contributed by atoms with Crippen LogP contribution in [0.2, 0.25) is 0 Å². The van der Waals surface area contributed by atoms with Gasteiger partial charge in [-0.15, -0.1) is 0 Å². The fourth-order valence-corrected chi connectivity index (χ4v) is 6.80. The highest BCUT2D eigenvalue weighted by Crippen LogP contribution is 2.67. The summed E-state index contributed by atoms with van der Waals surface area (Å²) in [5, 5.41) is 10.9. The van der Waals surface area contributed by atoms with Gasteiger partial charge in [-0.25, -0.2) is 4.39 Å². The number of halogens is 1. The lowest BCUT2D eigenvalue weighted by Gasteiger charge is -2.59. The van der Waals surface area contributed by atoms with Crippen LogP contribution in [-0.2, 0) is 4.79 Å². The minimum atomic E-state index is -0.974. The van der Waals surface area contributed by atoms with Crippen LogP contribution in [0.3, 0.4) is 0 Å². The van der Waals surface area contributed by atoms with Gasteiger partial charge in [-0.1, -0.05) is 13.8 Å². The maximum absolute atomic E-state index is 15.0. The SMILES string of the molecule is C[C@]12CCC(=O)C=C1[C@H](F)C[C@@H]1[C@@H]2CC[C@@]2(C)[C@H]1CC[C@@]2(C)O. The third-order valence-electron chi connectivity index (χ3n) is 8.50. The Kier molecular flexibility index (Phi) is 3.22. The zero-order valence-electron chi connectivity index (χ0n) is 14.6. The number of carbonyl (C=O) groups is 1. The second kappa shape index (κ2) is 4.68. The summed E-state index contributed by atoms with van der Waals surface area (Å²) < 4.78 is 15.0. The van der Waals surface area contributed by atoms with E-state index in [1.165, 1.54) is 0 Å². The molecule has 0 unspecified atom stereocenters. The first-order valence-electron chi connectivity index (χ1n) is 9.30. The number of rotatable bonds is 0. The summed E-state index contributed by atoms with van der Waals surface area (Å²) in [6.07, 6.45) is 6.52. The Morgan fingerprint density at radius 1 is 1.13 bits per heavy atom. The molecule has 0 heterocycles. The lowest BCUT2D eigenvalue weighted by atomic mass is 9.46. The van der Waals surface area contributed by atoms with E-state index < -0.39 is 11.8 Å². The molecule has 23 heavy (non-hydrogen) atoms. The van der Waals surface area contributed by atoms with Crippen molar-refractivity contribution in [3.63, 3.8) is 0 Å². The Bertz CT molecular complexity index is 580. The van der Waals surface area contributed by atoms with Crippen molar-refractivity contribution in [1.82, 2.24) is 0 Å². The van der Waals surface area contributed by atoms with Gasteiger partial charge < -0.3 is 5.11 Å². The third-order valence-corrected chi connectivity index (χ3v) is 8.50. The Hall–Kier alpha value is -0.700. The van der Waals surface area contributed by atoms with Gasteiger partial charge in [0.2, 0.25) is 0 Å². The van der Waals surface area contributed by atoms with Gasteiger partial charge in [0.05, 0.1) is 5.60 Å². The monoisotopic (exact) mass is 320 g/mol. The Labute approximate surface area is 138 Å². The quantitative estimate of drug-likeness (QED) is 0.725. The highest BCUT2D eigenvalue weighted by Gasteiger charge is 2.63. The maximum Gasteiger partial charge on any atom is 0.155 e. The predicted octanol–water partition coefficient (Wildman–Crippen LogP) is 4.22. The summed E-state index contributed by atoms with van der Waals surface area (Å²) in [7, 11) is 0. The predicted molar refractivity (Wildman–Crippen MR) is 87.6 cm³/mol. The van der Waals surface area contributed by atoms with Gasteiger partial charge in [0.1, 0.15) is 6.17 Å². The number of fused-ring (bicyclic) bond motifs is 5. The summed E-state index contributed by atoms with van der Waals surface area (Å²) in [6, 6.07) is 0. The van der Waals surface area contributed by atoms with E-state index in [9.17, 15) is 9.90 Å². The molecule has 3 saturated carbocycles. The van der Waals surface area contributed by atoms with Crippen molar-refractivity contribution in [2.75, 3.05) is 0 Å². The molecule has 0 aliphatic heterocycles. The van der Waals surface area contributed by atoms with Crippen molar-refractivity contribution in [1.29, 1.82) is 0 Å². The number of ketones is 1. The number of allylic oxidation sites excluding steroid dienone is 1. The molecule has 0 spiro atoms. The normalized spacial score (nSPS) is 55.7. The smallest absolute Gasteiger partial charge is 0.155 e. The van der Waals surface area contributed by atoms with Crippen molar-refractivity contribution >= 4 is 5.78 Å². The van der Waals surface area contributed by atoms with Crippen LogP contribution in [0, 0.1) is 28.6 Å². The number of hydrogen-bond donors (Lipinski definition) is 1.